The molecule has 2 rings (SSSR count). The zero-order chi connectivity index (χ0) is 12.8. The summed E-state index contributed by atoms with van der Waals surface area (Å²) in [5.41, 5.74) is 2.21. The molecule has 98 valence electrons. The van der Waals surface area contributed by atoms with Crippen molar-refractivity contribution in [1.29, 1.82) is 0 Å². The molecule has 0 aromatic heterocycles. The fourth-order valence-electron chi connectivity index (χ4n) is 2.46. The molecular weight excluding hydrogens is 224 g/mol. The Morgan fingerprint density at radius 2 is 2.06 bits per heavy atom. The number of nitrogens with one attached hydrogen (secondary N) is 2. The third kappa shape index (κ3) is 4.06. The molecule has 1 saturated carbocycles. The summed E-state index contributed by atoms with van der Waals surface area (Å²) in [4.78, 5) is 11.8. The fourth-order valence-corrected chi connectivity index (χ4v) is 2.46. The van der Waals surface area contributed by atoms with E-state index in [-0.39, 0.29) is 5.91 Å². The fraction of sp³-hybridized carbons (Fsp3) is 0.533. The first-order valence-electron chi connectivity index (χ1n) is 6.84. The van der Waals surface area contributed by atoms with Crippen LogP contribution in [0.5, 0.6) is 0 Å². The van der Waals surface area contributed by atoms with Crippen molar-refractivity contribution in [2.45, 2.75) is 45.1 Å². The van der Waals surface area contributed by atoms with Gasteiger partial charge in [0.25, 0.3) is 0 Å². The monoisotopic (exact) mass is 246 g/mol. The molecule has 2 N–H and O–H groups in total. The number of aryl methyl sites for hydroxylation is 1. The van der Waals surface area contributed by atoms with E-state index < -0.39 is 0 Å². The Hall–Kier alpha value is -1.51. The van der Waals surface area contributed by atoms with Gasteiger partial charge in [-0.3, -0.25) is 4.79 Å². The molecule has 3 nitrogen and oxygen atoms in total. The second-order valence-corrected chi connectivity index (χ2v) is 5.13. The Bertz CT molecular complexity index is 397. The molecule has 18 heavy (non-hydrogen) atoms. The first-order chi connectivity index (χ1) is 8.74. The lowest BCUT2D eigenvalue weighted by Gasteiger charge is -2.22. The molecule has 0 unspecified atom stereocenters. The summed E-state index contributed by atoms with van der Waals surface area (Å²) < 4.78 is 0. The first kappa shape index (κ1) is 12.9. The molecule has 1 aromatic rings. The van der Waals surface area contributed by atoms with E-state index in [0.717, 1.165) is 18.5 Å². The molecule has 3 heteroatoms. The number of carbonyl (C=O) groups excluding carboxylic acids is 1. The number of rotatable bonds is 4. The Balaban J connectivity index is 1.74. The van der Waals surface area contributed by atoms with Crippen molar-refractivity contribution in [3.05, 3.63) is 29.8 Å². The number of benzene rings is 1. The number of carbonyl (C=O) groups is 1. The van der Waals surface area contributed by atoms with Crippen molar-refractivity contribution in [2.24, 2.45) is 0 Å². The molecule has 0 spiro atoms. The normalized spacial score (nSPS) is 16.3. The van der Waals surface area contributed by atoms with Crippen molar-refractivity contribution >= 4 is 11.6 Å². The van der Waals surface area contributed by atoms with E-state index in [1.54, 1.807) is 0 Å². The Morgan fingerprint density at radius 3 is 2.78 bits per heavy atom. The minimum atomic E-state index is 0.100. The van der Waals surface area contributed by atoms with Gasteiger partial charge < -0.3 is 10.6 Å². The van der Waals surface area contributed by atoms with Crippen LogP contribution < -0.4 is 10.6 Å². The second kappa shape index (κ2) is 6.43. The highest BCUT2D eigenvalue weighted by Crippen LogP contribution is 2.17. The summed E-state index contributed by atoms with van der Waals surface area (Å²) in [5.74, 6) is 0.100. The van der Waals surface area contributed by atoms with Gasteiger partial charge in [-0.25, -0.2) is 0 Å². The molecule has 1 amide bonds. The van der Waals surface area contributed by atoms with E-state index in [0.29, 0.717) is 12.6 Å². The smallest absolute Gasteiger partial charge is 0.239 e. The topological polar surface area (TPSA) is 41.1 Å². The highest BCUT2D eigenvalue weighted by molar-refractivity contribution is 5.81. The Morgan fingerprint density at radius 1 is 1.28 bits per heavy atom. The van der Waals surface area contributed by atoms with Gasteiger partial charge in [-0.2, -0.15) is 0 Å². The summed E-state index contributed by atoms with van der Waals surface area (Å²) in [6, 6.07) is 8.48. The van der Waals surface area contributed by atoms with Gasteiger partial charge in [0.05, 0.1) is 6.54 Å². The maximum Gasteiger partial charge on any atom is 0.239 e. The van der Waals surface area contributed by atoms with Crippen molar-refractivity contribution < 1.29 is 4.79 Å². The van der Waals surface area contributed by atoms with Crippen LogP contribution in [0.25, 0.3) is 0 Å². The summed E-state index contributed by atoms with van der Waals surface area (Å²) in [6.45, 7) is 2.41. The Labute approximate surface area is 109 Å². The lowest BCUT2D eigenvalue weighted by atomic mass is 9.95. The van der Waals surface area contributed by atoms with E-state index in [9.17, 15) is 4.79 Å². The summed E-state index contributed by atoms with van der Waals surface area (Å²) in [6.07, 6.45) is 6.08. The van der Waals surface area contributed by atoms with Gasteiger partial charge in [0.1, 0.15) is 0 Å². The third-order valence-corrected chi connectivity index (χ3v) is 3.44. The Kier molecular flexibility index (Phi) is 4.62. The summed E-state index contributed by atoms with van der Waals surface area (Å²) in [5, 5.41) is 6.27. The molecule has 1 aliphatic carbocycles. The molecule has 1 fully saturated rings. The molecule has 0 atom stereocenters. The zero-order valence-corrected chi connectivity index (χ0v) is 11.0. The quantitative estimate of drug-likeness (QED) is 0.857. The molecule has 0 saturated heterocycles. The van der Waals surface area contributed by atoms with Crippen LogP contribution in [0, 0.1) is 6.92 Å². The zero-order valence-electron chi connectivity index (χ0n) is 11.0. The number of amides is 1. The molecule has 0 aliphatic heterocycles. The maximum absolute atomic E-state index is 11.8. The van der Waals surface area contributed by atoms with E-state index in [1.807, 2.05) is 31.2 Å². The van der Waals surface area contributed by atoms with Crippen LogP contribution in [0.1, 0.15) is 37.7 Å². The minimum absolute atomic E-state index is 0.100. The lowest BCUT2D eigenvalue weighted by Crippen LogP contribution is -2.39. The van der Waals surface area contributed by atoms with Crippen LogP contribution in [0.2, 0.25) is 0 Å². The van der Waals surface area contributed by atoms with Gasteiger partial charge in [0, 0.05) is 11.7 Å². The van der Waals surface area contributed by atoms with E-state index >= 15 is 0 Å². The van der Waals surface area contributed by atoms with Crippen LogP contribution in [0.4, 0.5) is 5.69 Å². The highest BCUT2D eigenvalue weighted by atomic mass is 16.1. The maximum atomic E-state index is 11.8. The van der Waals surface area contributed by atoms with Crippen molar-refractivity contribution in [3.8, 4) is 0 Å². The SMILES string of the molecule is Cc1cccc(NCC(=O)NC2CCCCC2)c1. The van der Waals surface area contributed by atoms with Crippen molar-refractivity contribution in [2.75, 3.05) is 11.9 Å². The lowest BCUT2D eigenvalue weighted by molar-refractivity contribution is -0.120. The number of hydrogen-bond acceptors (Lipinski definition) is 2. The molecule has 0 radical (unpaired) electrons. The molecule has 0 heterocycles. The first-order valence-corrected chi connectivity index (χ1v) is 6.84. The standard InChI is InChI=1S/C15H22N2O/c1-12-6-5-9-14(10-12)16-11-15(18)17-13-7-3-2-4-8-13/h5-6,9-10,13,16H,2-4,7-8,11H2,1H3,(H,17,18). The average molecular weight is 246 g/mol. The summed E-state index contributed by atoms with van der Waals surface area (Å²) in [7, 11) is 0. The predicted octanol–water partition coefficient (Wildman–Crippen LogP) is 2.86. The van der Waals surface area contributed by atoms with Gasteiger partial charge in [0.15, 0.2) is 0 Å². The van der Waals surface area contributed by atoms with Crippen molar-refractivity contribution in [3.63, 3.8) is 0 Å². The molecular formula is C15H22N2O. The van der Waals surface area contributed by atoms with Crippen LogP contribution in [-0.2, 0) is 4.79 Å². The van der Waals surface area contributed by atoms with Gasteiger partial charge in [-0.1, -0.05) is 31.4 Å². The second-order valence-electron chi connectivity index (χ2n) is 5.13. The van der Waals surface area contributed by atoms with Crippen LogP contribution in [-0.4, -0.2) is 18.5 Å². The van der Waals surface area contributed by atoms with Crippen molar-refractivity contribution in [1.82, 2.24) is 5.32 Å². The third-order valence-electron chi connectivity index (χ3n) is 3.44. The van der Waals surface area contributed by atoms with Crippen LogP contribution >= 0.6 is 0 Å². The van der Waals surface area contributed by atoms with Crippen LogP contribution in [0.3, 0.4) is 0 Å². The van der Waals surface area contributed by atoms with Crippen LogP contribution in [0.15, 0.2) is 24.3 Å². The number of anilines is 1. The van der Waals surface area contributed by atoms with Gasteiger partial charge in [0.2, 0.25) is 5.91 Å². The molecule has 0 bridgehead atoms. The minimum Gasteiger partial charge on any atom is -0.376 e. The highest BCUT2D eigenvalue weighted by Gasteiger charge is 2.15. The van der Waals surface area contributed by atoms with Gasteiger partial charge in [-0.15, -0.1) is 0 Å². The molecule has 1 aliphatic rings. The van der Waals surface area contributed by atoms with Gasteiger partial charge >= 0.3 is 0 Å². The van der Waals surface area contributed by atoms with E-state index in [4.69, 9.17) is 0 Å². The van der Waals surface area contributed by atoms with Gasteiger partial charge in [-0.05, 0) is 37.5 Å². The summed E-state index contributed by atoms with van der Waals surface area (Å²) >= 11 is 0. The average Bonchev–Trinajstić information content (AvgIpc) is 2.38. The predicted molar refractivity (Wildman–Crippen MR) is 74.7 cm³/mol. The largest absolute Gasteiger partial charge is 0.376 e. The van der Waals surface area contributed by atoms with E-state index in [2.05, 4.69) is 10.6 Å². The number of hydrogen-bond donors (Lipinski definition) is 2. The molecule has 1 aromatic carbocycles. The van der Waals surface area contributed by atoms with E-state index in [1.165, 1.54) is 24.8 Å².